The molecule has 2 heterocycles. The number of benzene rings is 1. The summed E-state index contributed by atoms with van der Waals surface area (Å²) in [6.45, 7) is 3.13. The van der Waals surface area contributed by atoms with Crippen LogP contribution >= 0.6 is 0 Å². The summed E-state index contributed by atoms with van der Waals surface area (Å²) in [4.78, 5) is 24.9. The second kappa shape index (κ2) is 10.8. The molecule has 1 unspecified atom stereocenters. The number of ether oxygens (including phenoxy) is 1. The predicted molar refractivity (Wildman–Crippen MR) is 126 cm³/mol. The van der Waals surface area contributed by atoms with Crippen LogP contribution in [0.3, 0.4) is 0 Å². The number of nitrogens with zero attached hydrogens (tertiary/aromatic N) is 3. The first kappa shape index (κ1) is 22.6. The third kappa shape index (κ3) is 5.52. The van der Waals surface area contributed by atoms with Gasteiger partial charge >= 0.3 is 0 Å². The monoisotopic (exact) mass is 430 g/mol. The number of carbonyl (C=O) groups excluding carboxylic acids is 1. The van der Waals surface area contributed by atoms with Crippen molar-refractivity contribution in [1.82, 2.24) is 20.3 Å². The summed E-state index contributed by atoms with van der Waals surface area (Å²) in [7, 11) is 3.20. The van der Waals surface area contributed by atoms with E-state index in [1.807, 2.05) is 24.3 Å². The van der Waals surface area contributed by atoms with Crippen LogP contribution in [0.5, 0.6) is 5.75 Å². The first-order valence-corrected chi connectivity index (χ1v) is 10.2. The fourth-order valence-electron chi connectivity index (χ4n) is 3.17. The van der Waals surface area contributed by atoms with Crippen LogP contribution in [0, 0.1) is 12.3 Å². The quantitative estimate of drug-likeness (QED) is 0.448. The van der Waals surface area contributed by atoms with Crippen LogP contribution in [0.4, 0.5) is 11.6 Å². The Labute approximate surface area is 187 Å². The fraction of sp³-hybridized carbons (Fsp3) is 0.250. The Morgan fingerprint density at radius 2 is 1.97 bits per heavy atom. The summed E-state index contributed by atoms with van der Waals surface area (Å²) in [6.07, 6.45) is 8.52. The largest absolute Gasteiger partial charge is 0.496 e. The Bertz CT molecular complexity index is 1110. The highest BCUT2D eigenvalue weighted by molar-refractivity contribution is 5.94. The van der Waals surface area contributed by atoms with E-state index >= 15 is 0 Å². The molecule has 1 atom stereocenters. The molecule has 32 heavy (non-hydrogen) atoms. The SMILES string of the molecule is C#CCNc1ccc(-c2cc(NCC(C)c3ccc(C(=O)NC)cc3OC)ncn2)cn1. The van der Waals surface area contributed by atoms with Crippen molar-refractivity contribution < 1.29 is 9.53 Å². The third-order valence-electron chi connectivity index (χ3n) is 4.94. The van der Waals surface area contributed by atoms with E-state index < -0.39 is 0 Å². The first-order valence-electron chi connectivity index (χ1n) is 10.2. The zero-order valence-corrected chi connectivity index (χ0v) is 18.3. The van der Waals surface area contributed by atoms with E-state index in [-0.39, 0.29) is 11.8 Å². The van der Waals surface area contributed by atoms with E-state index in [0.29, 0.717) is 36.0 Å². The number of methoxy groups -OCH3 is 1. The van der Waals surface area contributed by atoms with Gasteiger partial charge in [0.05, 0.1) is 19.3 Å². The molecule has 164 valence electrons. The summed E-state index contributed by atoms with van der Waals surface area (Å²) >= 11 is 0. The number of hydrogen-bond acceptors (Lipinski definition) is 7. The van der Waals surface area contributed by atoms with Gasteiger partial charge in [-0.2, -0.15) is 0 Å². The van der Waals surface area contributed by atoms with Crippen molar-refractivity contribution in [3.8, 4) is 29.4 Å². The highest BCUT2D eigenvalue weighted by atomic mass is 16.5. The lowest BCUT2D eigenvalue weighted by molar-refractivity contribution is 0.0962. The Morgan fingerprint density at radius 1 is 1.12 bits per heavy atom. The van der Waals surface area contributed by atoms with E-state index in [1.165, 1.54) is 6.33 Å². The highest BCUT2D eigenvalue weighted by Gasteiger charge is 2.15. The van der Waals surface area contributed by atoms with Gasteiger partial charge in [0.2, 0.25) is 0 Å². The van der Waals surface area contributed by atoms with Crippen molar-refractivity contribution in [1.29, 1.82) is 0 Å². The third-order valence-corrected chi connectivity index (χ3v) is 4.94. The number of nitrogens with one attached hydrogen (secondary N) is 3. The van der Waals surface area contributed by atoms with E-state index in [2.05, 4.69) is 43.7 Å². The van der Waals surface area contributed by atoms with Crippen LogP contribution in [0.2, 0.25) is 0 Å². The molecular weight excluding hydrogens is 404 g/mol. The number of amides is 1. The Morgan fingerprint density at radius 3 is 2.66 bits per heavy atom. The average molecular weight is 431 g/mol. The van der Waals surface area contributed by atoms with E-state index in [0.717, 1.165) is 16.8 Å². The lowest BCUT2D eigenvalue weighted by Gasteiger charge is -2.17. The topological polar surface area (TPSA) is 101 Å². The molecule has 1 amide bonds. The van der Waals surface area contributed by atoms with Gasteiger partial charge in [-0.25, -0.2) is 15.0 Å². The minimum atomic E-state index is -0.150. The summed E-state index contributed by atoms with van der Waals surface area (Å²) in [5.74, 6) is 4.58. The molecule has 2 aromatic heterocycles. The molecule has 0 saturated carbocycles. The molecule has 0 aliphatic heterocycles. The molecule has 0 saturated heterocycles. The molecule has 1 aromatic carbocycles. The lowest BCUT2D eigenvalue weighted by atomic mass is 9.98. The van der Waals surface area contributed by atoms with Gasteiger partial charge in [0, 0.05) is 42.9 Å². The van der Waals surface area contributed by atoms with Crippen molar-refractivity contribution in [2.75, 3.05) is 37.9 Å². The molecule has 0 spiro atoms. The van der Waals surface area contributed by atoms with E-state index in [4.69, 9.17) is 11.2 Å². The number of pyridine rings is 1. The smallest absolute Gasteiger partial charge is 0.251 e. The summed E-state index contributed by atoms with van der Waals surface area (Å²) in [5, 5.41) is 9.00. The number of terminal acetylenes is 1. The zero-order valence-electron chi connectivity index (χ0n) is 18.3. The van der Waals surface area contributed by atoms with Gasteiger partial charge in [0.1, 0.15) is 23.7 Å². The van der Waals surface area contributed by atoms with E-state index in [9.17, 15) is 4.79 Å². The molecule has 0 radical (unpaired) electrons. The maximum Gasteiger partial charge on any atom is 0.251 e. The lowest BCUT2D eigenvalue weighted by Crippen LogP contribution is -2.18. The van der Waals surface area contributed by atoms with Crippen molar-refractivity contribution >= 4 is 17.5 Å². The average Bonchev–Trinajstić information content (AvgIpc) is 2.85. The van der Waals surface area contributed by atoms with Gasteiger partial charge in [-0.3, -0.25) is 4.79 Å². The maximum atomic E-state index is 11.9. The van der Waals surface area contributed by atoms with Gasteiger partial charge < -0.3 is 20.7 Å². The van der Waals surface area contributed by atoms with Crippen LogP contribution < -0.4 is 20.7 Å². The summed E-state index contributed by atoms with van der Waals surface area (Å²) < 4.78 is 5.51. The zero-order chi connectivity index (χ0) is 22.9. The number of aromatic nitrogens is 3. The van der Waals surface area contributed by atoms with Crippen molar-refractivity contribution in [3.05, 3.63) is 60.0 Å². The predicted octanol–water partition coefficient (Wildman–Crippen LogP) is 3.17. The van der Waals surface area contributed by atoms with Gasteiger partial charge in [0.15, 0.2) is 0 Å². The van der Waals surface area contributed by atoms with Crippen LogP contribution in [0.1, 0.15) is 28.8 Å². The van der Waals surface area contributed by atoms with Crippen molar-refractivity contribution in [3.63, 3.8) is 0 Å². The molecular formula is C24H26N6O2. The van der Waals surface area contributed by atoms with Gasteiger partial charge in [-0.1, -0.05) is 18.9 Å². The van der Waals surface area contributed by atoms with Gasteiger partial charge in [-0.05, 0) is 29.8 Å². The second-order valence-corrected chi connectivity index (χ2v) is 7.10. The van der Waals surface area contributed by atoms with Crippen LogP contribution in [-0.4, -0.2) is 48.1 Å². The number of anilines is 2. The molecule has 0 aliphatic carbocycles. The fourth-order valence-corrected chi connectivity index (χ4v) is 3.17. The Kier molecular flexibility index (Phi) is 7.60. The second-order valence-electron chi connectivity index (χ2n) is 7.10. The first-order chi connectivity index (χ1) is 15.5. The summed E-state index contributed by atoms with van der Waals surface area (Å²) in [6, 6.07) is 11.1. The number of carbonyl (C=O) groups is 1. The minimum absolute atomic E-state index is 0.116. The maximum absolute atomic E-state index is 11.9. The minimum Gasteiger partial charge on any atom is -0.496 e. The van der Waals surface area contributed by atoms with E-state index in [1.54, 1.807) is 32.5 Å². The van der Waals surface area contributed by atoms with Crippen molar-refractivity contribution in [2.24, 2.45) is 0 Å². The molecule has 8 nitrogen and oxygen atoms in total. The van der Waals surface area contributed by atoms with Crippen LogP contribution in [0.25, 0.3) is 11.3 Å². The molecule has 0 fully saturated rings. The number of hydrogen-bond donors (Lipinski definition) is 3. The highest BCUT2D eigenvalue weighted by Crippen LogP contribution is 2.28. The van der Waals surface area contributed by atoms with Crippen LogP contribution in [0.15, 0.2) is 48.9 Å². The molecule has 0 bridgehead atoms. The molecule has 3 N–H and O–H groups in total. The Hall–Kier alpha value is -4.12. The Balaban J connectivity index is 1.69. The van der Waals surface area contributed by atoms with Crippen molar-refractivity contribution in [2.45, 2.75) is 12.8 Å². The molecule has 8 heteroatoms. The summed E-state index contributed by atoms with van der Waals surface area (Å²) in [5.41, 5.74) is 3.20. The molecule has 3 rings (SSSR count). The van der Waals surface area contributed by atoms with Crippen LogP contribution in [-0.2, 0) is 0 Å². The molecule has 3 aromatic rings. The van der Waals surface area contributed by atoms with Gasteiger partial charge in [0.25, 0.3) is 5.91 Å². The normalized spacial score (nSPS) is 11.2. The standard InChI is InChI=1S/C24H26N6O2/c1-5-10-26-22-9-7-18(14-28-22)20-12-23(30-15-29-20)27-13-16(2)19-8-6-17(24(31)25-3)11-21(19)32-4/h1,6-9,11-12,14-16H,10,13H2,2-4H3,(H,25,31)(H,26,28)(H,27,29,30). The van der Waals surface area contributed by atoms with Gasteiger partial charge in [-0.15, -0.1) is 6.42 Å². The molecule has 0 aliphatic rings. The number of rotatable bonds is 9.